The molecule has 28 heavy (non-hydrogen) atoms. The summed E-state index contributed by atoms with van der Waals surface area (Å²) in [7, 11) is 0. The first-order chi connectivity index (χ1) is 13.0. The molecule has 1 aromatic rings. The number of benzene rings is 1. The third-order valence-electron chi connectivity index (χ3n) is 4.03. The number of carbonyl (C=O) groups is 3. The van der Waals surface area contributed by atoms with E-state index in [9.17, 15) is 18.8 Å². The van der Waals surface area contributed by atoms with Crippen molar-refractivity contribution < 1.29 is 28.2 Å². The molecule has 1 saturated heterocycles. The second-order valence-electron chi connectivity index (χ2n) is 7.52. The lowest BCUT2D eigenvalue weighted by Gasteiger charge is -2.32. The van der Waals surface area contributed by atoms with Crippen LogP contribution >= 0.6 is 11.6 Å². The van der Waals surface area contributed by atoms with E-state index in [-0.39, 0.29) is 10.7 Å². The zero-order valence-electron chi connectivity index (χ0n) is 16.1. The van der Waals surface area contributed by atoms with Crippen LogP contribution in [0.4, 0.5) is 14.9 Å². The Balaban J connectivity index is 1.75. The normalized spacial score (nSPS) is 15.1. The SMILES string of the molecule is CC(C)(C)OC(=O)N1CCC(C(=O)OCC(=O)Nc2ccc(Cl)cc2F)CC1. The Morgan fingerprint density at radius 1 is 1.25 bits per heavy atom. The molecule has 1 aliphatic heterocycles. The van der Waals surface area contributed by atoms with Crippen LogP contribution < -0.4 is 5.32 Å². The van der Waals surface area contributed by atoms with Gasteiger partial charge >= 0.3 is 12.1 Å². The first-order valence-corrected chi connectivity index (χ1v) is 9.32. The molecule has 1 aliphatic rings. The fraction of sp³-hybridized carbons (Fsp3) is 0.526. The Labute approximate surface area is 168 Å². The molecule has 0 bridgehead atoms. The number of amides is 2. The zero-order valence-corrected chi connectivity index (χ0v) is 16.8. The van der Waals surface area contributed by atoms with Gasteiger partial charge in [0, 0.05) is 18.1 Å². The minimum absolute atomic E-state index is 0.0453. The Hall–Kier alpha value is -2.35. The predicted molar refractivity (Wildman–Crippen MR) is 102 cm³/mol. The van der Waals surface area contributed by atoms with Gasteiger partial charge in [0.1, 0.15) is 11.4 Å². The van der Waals surface area contributed by atoms with Gasteiger partial charge in [-0.1, -0.05) is 11.6 Å². The number of carbonyl (C=O) groups excluding carboxylic acids is 3. The van der Waals surface area contributed by atoms with Crippen molar-refractivity contribution in [3.8, 4) is 0 Å². The van der Waals surface area contributed by atoms with Crippen molar-refractivity contribution in [3.05, 3.63) is 29.0 Å². The number of halogens is 2. The van der Waals surface area contributed by atoms with E-state index in [1.165, 1.54) is 12.1 Å². The summed E-state index contributed by atoms with van der Waals surface area (Å²) >= 11 is 5.65. The molecule has 1 N–H and O–H groups in total. The maximum Gasteiger partial charge on any atom is 0.410 e. The number of likely N-dealkylation sites (tertiary alicyclic amines) is 1. The van der Waals surface area contributed by atoms with Crippen molar-refractivity contribution in [2.75, 3.05) is 25.0 Å². The van der Waals surface area contributed by atoms with Crippen LogP contribution in [0.1, 0.15) is 33.6 Å². The van der Waals surface area contributed by atoms with Crippen molar-refractivity contribution in [1.29, 1.82) is 0 Å². The van der Waals surface area contributed by atoms with Gasteiger partial charge in [0.05, 0.1) is 11.6 Å². The third kappa shape index (κ3) is 6.67. The summed E-state index contributed by atoms with van der Waals surface area (Å²) in [6.45, 7) is 5.59. The molecule has 154 valence electrons. The first-order valence-electron chi connectivity index (χ1n) is 8.94. The van der Waals surface area contributed by atoms with Gasteiger partial charge in [-0.05, 0) is 51.8 Å². The number of hydrogen-bond donors (Lipinski definition) is 1. The highest BCUT2D eigenvalue weighted by Crippen LogP contribution is 2.21. The van der Waals surface area contributed by atoms with E-state index >= 15 is 0 Å². The number of nitrogens with one attached hydrogen (secondary N) is 1. The molecule has 0 unspecified atom stereocenters. The van der Waals surface area contributed by atoms with Gasteiger partial charge in [0.2, 0.25) is 0 Å². The van der Waals surface area contributed by atoms with Crippen molar-refractivity contribution in [2.24, 2.45) is 5.92 Å². The number of piperidine rings is 1. The van der Waals surface area contributed by atoms with Crippen molar-refractivity contribution in [2.45, 2.75) is 39.2 Å². The molecule has 9 heteroatoms. The van der Waals surface area contributed by atoms with Crippen LogP contribution in [0, 0.1) is 11.7 Å². The summed E-state index contributed by atoms with van der Waals surface area (Å²) < 4.78 is 24.0. The van der Waals surface area contributed by atoms with Crippen molar-refractivity contribution in [3.63, 3.8) is 0 Å². The standard InChI is InChI=1S/C19H24ClFN2O5/c1-19(2,3)28-18(26)23-8-6-12(7-9-23)17(25)27-11-16(24)22-15-5-4-13(20)10-14(15)21/h4-5,10,12H,6-9,11H2,1-3H3,(H,22,24). The molecule has 7 nitrogen and oxygen atoms in total. The van der Waals surface area contributed by atoms with Crippen LogP contribution in [0.2, 0.25) is 5.02 Å². The second-order valence-corrected chi connectivity index (χ2v) is 7.96. The summed E-state index contributed by atoms with van der Waals surface area (Å²) in [5.41, 5.74) is -0.625. The number of ether oxygens (including phenoxy) is 2. The summed E-state index contributed by atoms with van der Waals surface area (Å²) in [5.74, 6) is -2.25. The maximum absolute atomic E-state index is 13.7. The van der Waals surface area contributed by atoms with E-state index in [1.807, 2.05) is 0 Å². The van der Waals surface area contributed by atoms with Gasteiger partial charge in [0.15, 0.2) is 6.61 Å². The van der Waals surface area contributed by atoms with Crippen LogP contribution in [0.15, 0.2) is 18.2 Å². The average Bonchev–Trinajstić information content (AvgIpc) is 2.61. The van der Waals surface area contributed by atoms with Gasteiger partial charge < -0.3 is 19.7 Å². The summed E-state index contributed by atoms with van der Waals surface area (Å²) in [6.07, 6.45) is 0.431. The lowest BCUT2D eigenvalue weighted by Crippen LogP contribution is -2.43. The molecule has 0 aliphatic carbocycles. The van der Waals surface area contributed by atoms with Gasteiger partial charge in [-0.3, -0.25) is 9.59 Å². The Morgan fingerprint density at radius 3 is 2.46 bits per heavy atom. The van der Waals surface area contributed by atoms with Crippen LogP contribution in [0.25, 0.3) is 0 Å². The fourth-order valence-electron chi connectivity index (χ4n) is 2.66. The Bertz CT molecular complexity index is 742. The second kappa shape index (κ2) is 9.23. The minimum atomic E-state index is -0.679. The van der Waals surface area contributed by atoms with E-state index in [0.717, 1.165) is 6.07 Å². The predicted octanol–water partition coefficient (Wildman–Crippen LogP) is 3.61. The zero-order chi connectivity index (χ0) is 20.9. The highest BCUT2D eigenvalue weighted by molar-refractivity contribution is 6.30. The molecule has 1 aromatic carbocycles. The van der Waals surface area contributed by atoms with Gasteiger partial charge in [-0.25, -0.2) is 9.18 Å². The van der Waals surface area contributed by atoms with E-state index in [1.54, 1.807) is 25.7 Å². The third-order valence-corrected chi connectivity index (χ3v) is 4.27. The quantitative estimate of drug-likeness (QED) is 0.761. The molecular formula is C19H24ClFN2O5. The summed E-state index contributed by atoms with van der Waals surface area (Å²) in [4.78, 5) is 37.6. The molecule has 2 rings (SSSR count). The Morgan fingerprint density at radius 2 is 1.89 bits per heavy atom. The van der Waals surface area contributed by atoms with Gasteiger partial charge in [-0.15, -0.1) is 0 Å². The van der Waals surface area contributed by atoms with Crippen molar-refractivity contribution in [1.82, 2.24) is 4.90 Å². The molecule has 1 fully saturated rings. The maximum atomic E-state index is 13.7. The van der Waals surface area contributed by atoms with Gasteiger partial charge in [0.25, 0.3) is 5.91 Å². The van der Waals surface area contributed by atoms with Crippen LogP contribution in [-0.4, -0.2) is 48.2 Å². The Kier molecular flexibility index (Phi) is 7.23. The smallest absolute Gasteiger partial charge is 0.410 e. The monoisotopic (exact) mass is 414 g/mol. The highest BCUT2D eigenvalue weighted by atomic mass is 35.5. The molecule has 0 saturated carbocycles. The molecular weight excluding hydrogens is 391 g/mol. The van der Waals surface area contributed by atoms with Crippen LogP contribution in [-0.2, 0) is 19.1 Å². The fourth-order valence-corrected chi connectivity index (χ4v) is 2.81. The molecule has 0 spiro atoms. The molecule has 1 heterocycles. The van der Waals surface area contributed by atoms with Crippen LogP contribution in [0.3, 0.4) is 0 Å². The number of hydrogen-bond acceptors (Lipinski definition) is 5. The number of rotatable bonds is 4. The lowest BCUT2D eigenvalue weighted by molar-refractivity contribution is -0.153. The van der Waals surface area contributed by atoms with E-state index in [0.29, 0.717) is 25.9 Å². The van der Waals surface area contributed by atoms with Crippen molar-refractivity contribution >= 4 is 35.3 Å². The summed E-state index contributed by atoms with van der Waals surface area (Å²) in [6, 6.07) is 3.83. The largest absolute Gasteiger partial charge is 0.455 e. The average molecular weight is 415 g/mol. The van der Waals surface area contributed by atoms with E-state index in [4.69, 9.17) is 21.1 Å². The molecule has 0 atom stereocenters. The lowest BCUT2D eigenvalue weighted by atomic mass is 9.97. The topological polar surface area (TPSA) is 84.9 Å². The van der Waals surface area contributed by atoms with E-state index in [2.05, 4.69) is 5.32 Å². The molecule has 0 aromatic heterocycles. The minimum Gasteiger partial charge on any atom is -0.455 e. The number of anilines is 1. The highest BCUT2D eigenvalue weighted by Gasteiger charge is 2.31. The summed E-state index contributed by atoms with van der Waals surface area (Å²) in [5, 5.41) is 2.53. The molecule has 0 radical (unpaired) electrons. The first kappa shape index (κ1) is 21.9. The van der Waals surface area contributed by atoms with Gasteiger partial charge in [-0.2, -0.15) is 0 Å². The van der Waals surface area contributed by atoms with Crippen LogP contribution in [0.5, 0.6) is 0 Å². The van der Waals surface area contributed by atoms with E-state index < -0.39 is 41.9 Å². The number of nitrogens with zero attached hydrogens (tertiary/aromatic N) is 1. The molecule has 2 amide bonds. The number of esters is 1.